The van der Waals surface area contributed by atoms with E-state index in [4.69, 9.17) is 5.14 Å². The van der Waals surface area contributed by atoms with E-state index in [9.17, 15) is 13.2 Å². The van der Waals surface area contributed by atoms with Crippen LogP contribution in [0.2, 0.25) is 0 Å². The normalized spacial score (nSPS) is 12.7. The summed E-state index contributed by atoms with van der Waals surface area (Å²) in [5.74, 6) is 0.627. The highest BCUT2D eigenvalue weighted by Crippen LogP contribution is 2.32. The van der Waals surface area contributed by atoms with Gasteiger partial charge in [0.2, 0.25) is 0 Å². The van der Waals surface area contributed by atoms with Crippen LogP contribution in [0, 0.1) is 0 Å². The zero-order valence-electron chi connectivity index (χ0n) is 12.9. The molecule has 0 aromatic carbocycles. The maximum Gasteiger partial charge on any atom is 0.255 e. The van der Waals surface area contributed by atoms with Gasteiger partial charge in [-0.15, -0.1) is 11.8 Å². The minimum atomic E-state index is -3.82. The lowest BCUT2D eigenvalue weighted by molar-refractivity contribution is -0.116. The van der Waals surface area contributed by atoms with Gasteiger partial charge in [-0.1, -0.05) is 0 Å². The molecule has 2 aromatic heterocycles. The fourth-order valence-electron chi connectivity index (χ4n) is 1.62. The second kappa shape index (κ2) is 7.60. The number of thioether (sulfide) groups is 1. The number of primary sulfonamides is 1. The van der Waals surface area contributed by atoms with Crippen molar-refractivity contribution in [1.82, 2.24) is 9.97 Å². The van der Waals surface area contributed by atoms with Gasteiger partial charge in [-0.05, 0) is 48.0 Å². The van der Waals surface area contributed by atoms with Crippen molar-refractivity contribution in [1.29, 1.82) is 0 Å². The number of nitrogens with one attached hydrogen (secondary N) is 1. The van der Waals surface area contributed by atoms with Gasteiger partial charge in [0.15, 0.2) is 5.03 Å². The fraction of sp³-hybridized carbons (Fsp3) is 0.214. The van der Waals surface area contributed by atoms with Gasteiger partial charge in [-0.3, -0.25) is 4.79 Å². The predicted octanol–water partition coefficient (Wildman–Crippen LogP) is 2.70. The standard InChI is InChI=1S/C14H15BrN4O3S2/c1-8(20)9(2)23-12-5-13(17-7-11(12)15)19-10-3-4-14(18-6-10)24(16,21)22/h3-7,9H,1-2H3,(H,17,19)(H2,16,21,22). The second-order valence-corrected chi connectivity index (χ2v) is 8.67. The number of anilines is 2. The number of aromatic nitrogens is 2. The molecule has 10 heteroatoms. The maximum absolute atomic E-state index is 11.4. The minimum absolute atomic E-state index is 0.0843. The quantitative estimate of drug-likeness (QED) is 0.676. The number of hydrogen-bond donors (Lipinski definition) is 2. The Bertz CT molecular complexity index is 857. The first-order valence-corrected chi connectivity index (χ1v) is 9.97. The van der Waals surface area contributed by atoms with Crippen LogP contribution in [0.25, 0.3) is 0 Å². The van der Waals surface area contributed by atoms with Gasteiger partial charge in [0, 0.05) is 15.6 Å². The number of nitrogens with two attached hydrogens (primary N) is 1. The Balaban J connectivity index is 2.19. The lowest BCUT2D eigenvalue weighted by atomic mass is 10.3. The highest BCUT2D eigenvalue weighted by molar-refractivity contribution is 9.10. The Kier molecular flexibility index (Phi) is 5.97. The maximum atomic E-state index is 11.4. The molecule has 128 valence electrons. The monoisotopic (exact) mass is 430 g/mol. The lowest BCUT2D eigenvalue weighted by Crippen LogP contribution is -2.13. The van der Waals surface area contributed by atoms with Crippen LogP contribution in [0.5, 0.6) is 0 Å². The first-order chi connectivity index (χ1) is 11.2. The van der Waals surface area contributed by atoms with Crippen molar-refractivity contribution in [2.75, 3.05) is 5.32 Å². The minimum Gasteiger partial charge on any atom is -0.339 e. The summed E-state index contributed by atoms with van der Waals surface area (Å²) in [6.45, 7) is 3.38. The lowest BCUT2D eigenvalue weighted by Gasteiger charge is -2.11. The molecule has 0 aliphatic rings. The molecular formula is C14H15BrN4O3S2. The van der Waals surface area contributed by atoms with Gasteiger partial charge in [0.1, 0.15) is 11.6 Å². The number of carbonyl (C=O) groups excluding carboxylic acids is 1. The molecule has 2 aromatic rings. The van der Waals surface area contributed by atoms with Gasteiger partial charge in [0.05, 0.1) is 17.1 Å². The van der Waals surface area contributed by atoms with Crippen molar-refractivity contribution >= 4 is 55.0 Å². The molecule has 2 rings (SSSR count). The molecule has 0 fully saturated rings. The summed E-state index contributed by atoms with van der Waals surface area (Å²) in [7, 11) is -3.82. The summed E-state index contributed by atoms with van der Waals surface area (Å²) in [4.78, 5) is 20.3. The number of rotatable bonds is 6. The van der Waals surface area contributed by atoms with E-state index in [0.717, 1.165) is 9.37 Å². The SMILES string of the molecule is CC(=O)C(C)Sc1cc(Nc2ccc(S(N)(=O)=O)nc2)ncc1Br. The number of Topliss-reactive ketones (excluding diaryl/α,β-unsaturated/α-hetero) is 1. The predicted molar refractivity (Wildman–Crippen MR) is 96.8 cm³/mol. The van der Waals surface area contributed by atoms with Crippen LogP contribution in [-0.2, 0) is 14.8 Å². The number of sulfonamides is 1. The molecule has 1 unspecified atom stereocenters. The molecule has 3 N–H and O–H groups in total. The van der Waals surface area contributed by atoms with Gasteiger partial charge >= 0.3 is 0 Å². The molecule has 24 heavy (non-hydrogen) atoms. The molecule has 0 amide bonds. The largest absolute Gasteiger partial charge is 0.339 e. The molecule has 0 bridgehead atoms. The van der Waals surface area contributed by atoms with Gasteiger partial charge in [-0.25, -0.2) is 23.5 Å². The Morgan fingerprint density at radius 2 is 2.04 bits per heavy atom. The molecule has 0 aliphatic heterocycles. The molecule has 1 atom stereocenters. The van der Waals surface area contributed by atoms with E-state index in [1.54, 1.807) is 25.3 Å². The van der Waals surface area contributed by atoms with Crippen LogP contribution in [0.4, 0.5) is 11.5 Å². The zero-order valence-corrected chi connectivity index (χ0v) is 16.1. The van der Waals surface area contributed by atoms with Crippen molar-refractivity contribution < 1.29 is 13.2 Å². The van der Waals surface area contributed by atoms with Crippen LogP contribution in [0.3, 0.4) is 0 Å². The van der Waals surface area contributed by atoms with E-state index < -0.39 is 10.0 Å². The molecule has 0 spiro atoms. The number of carbonyl (C=O) groups is 1. The third-order valence-electron chi connectivity index (χ3n) is 3.00. The van der Waals surface area contributed by atoms with Crippen molar-refractivity contribution in [3.8, 4) is 0 Å². The van der Waals surface area contributed by atoms with Crippen molar-refractivity contribution in [3.05, 3.63) is 35.1 Å². The van der Waals surface area contributed by atoms with Crippen LogP contribution < -0.4 is 10.5 Å². The third-order valence-corrected chi connectivity index (χ3v) is 5.99. The van der Waals surface area contributed by atoms with E-state index in [0.29, 0.717) is 11.5 Å². The van der Waals surface area contributed by atoms with E-state index in [-0.39, 0.29) is 16.1 Å². The van der Waals surface area contributed by atoms with Crippen molar-refractivity contribution in [3.63, 3.8) is 0 Å². The summed E-state index contributed by atoms with van der Waals surface area (Å²) in [5.41, 5.74) is 0.563. The molecular weight excluding hydrogens is 416 g/mol. The summed E-state index contributed by atoms with van der Waals surface area (Å²) < 4.78 is 23.2. The van der Waals surface area contributed by atoms with E-state index in [1.807, 2.05) is 6.92 Å². The highest BCUT2D eigenvalue weighted by Gasteiger charge is 2.13. The van der Waals surface area contributed by atoms with E-state index in [2.05, 4.69) is 31.2 Å². The second-order valence-electron chi connectivity index (χ2n) is 4.93. The first kappa shape index (κ1) is 18.8. The number of hydrogen-bond acceptors (Lipinski definition) is 7. The number of halogens is 1. The van der Waals surface area contributed by atoms with Crippen molar-refractivity contribution in [2.24, 2.45) is 5.14 Å². The van der Waals surface area contributed by atoms with Crippen LogP contribution in [0.15, 0.2) is 45.0 Å². The average molecular weight is 431 g/mol. The van der Waals surface area contributed by atoms with Crippen LogP contribution in [0.1, 0.15) is 13.8 Å². The molecule has 0 aliphatic carbocycles. The van der Waals surface area contributed by atoms with Crippen molar-refractivity contribution in [2.45, 2.75) is 29.0 Å². The molecule has 0 radical (unpaired) electrons. The molecule has 2 heterocycles. The fourth-order valence-corrected chi connectivity index (χ4v) is 3.47. The Hall–Kier alpha value is -1.49. The summed E-state index contributed by atoms with van der Waals surface area (Å²) in [6.07, 6.45) is 2.98. The summed E-state index contributed by atoms with van der Waals surface area (Å²) in [5, 5.41) is 7.65. The smallest absolute Gasteiger partial charge is 0.255 e. The average Bonchev–Trinajstić information content (AvgIpc) is 2.50. The highest BCUT2D eigenvalue weighted by atomic mass is 79.9. The van der Waals surface area contributed by atoms with Crippen LogP contribution in [-0.4, -0.2) is 29.4 Å². The Morgan fingerprint density at radius 3 is 2.58 bits per heavy atom. The molecule has 0 saturated carbocycles. The van der Waals surface area contributed by atoms with Crippen LogP contribution >= 0.6 is 27.7 Å². The van der Waals surface area contributed by atoms with E-state index in [1.165, 1.54) is 24.0 Å². The third kappa shape index (κ3) is 5.00. The van der Waals surface area contributed by atoms with Gasteiger partial charge < -0.3 is 5.32 Å². The molecule has 7 nitrogen and oxygen atoms in total. The first-order valence-electron chi connectivity index (χ1n) is 6.75. The Labute approximate surface area is 152 Å². The van der Waals surface area contributed by atoms with Gasteiger partial charge in [-0.2, -0.15) is 0 Å². The topological polar surface area (TPSA) is 115 Å². The summed E-state index contributed by atoms with van der Waals surface area (Å²) >= 11 is 4.83. The zero-order chi connectivity index (χ0) is 17.9. The van der Waals surface area contributed by atoms with Gasteiger partial charge in [0.25, 0.3) is 10.0 Å². The number of ketones is 1. The number of nitrogens with zero attached hydrogens (tertiary/aromatic N) is 2. The Morgan fingerprint density at radius 1 is 1.33 bits per heavy atom. The number of pyridine rings is 2. The summed E-state index contributed by atoms with van der Waals surface area (Å²) in [6, 6.07) is 4.65. The van der Waals surface area contributed by atoms with E-state index >= 15 is 0 Å². The molecule has 0 saturated heterocycles.